The van der Waals surface area contributed by atoms with Gasteiger partial charge in [0.15, 0.2) is 0 Å². The molecule has 0 rings (SSSR count). The Morgan fingerprint density at radius 2 is 0.731 bits per heavy atom. The van der Waals surface area contributed by atoms with Crippen molar-refractivity contribution < 1.29 is 9.78 Å². The Bertz CT molecular complexity index is 235. The molecule has 0 aromatic carbocycles. The van der Waals surface area contributed by atoms with Gasteiger partial charge in [-0.05, 0) is 50.4 Å². The molecule has 0 aromatic rings. The van der Waals surface area contributed by atoms with Gasteiger partial charge in [0, 0.05) is 0 Å². The van der Waals surface area contributed by atoms with Crippen LogP contribution in [-0.2, 0) is 9.78 Å². The van der Waals surface area contributed by atoms with E-state index in [9.17, 15) is 0 Å². The average Bonchev–Trinajstić information content (AvgIpc) is 2.67. The van der Waals surface area contributed by atoms with Crippen molar-refractivity contribution in [2.75, 3.05) is 0 Å². The molecule has 0 fully saturated rings. The highest BCUT2D eigenvalue weighted by Crippen LogP contribution is 2.28. The summed E-state index contributed by atoms with van der Waals surface area (Å²) in [6.45, 7) is 13.7. The van der Waals surface area contributed by atoms with E-state index in [1.54, 1.807) is 0 Å². The fourth-order valence-electron chi connectivity index (χ4n) is 4.00. The molecule has 2 atom stereocenters. The molecule has 0 aliphatic heterocycles. The third kappa shape index (κ3) is 11.6. The molecule has 2 heteroatoms. The molecule has 0 N–H and O–H groups in total. The fourth-order valence-corrected chi connectivity index (χ4v) is 4.00. The predicted octanol–water partition coefficient (Wildman–Crippen LogP) is 8.49. The summed E-state index contributed by atoms with van der Waals surface area (Å²) < 4.78 is 0. The quantitative estimate of drug-likeness (QED) is 0.168. The molecular weight excluding hydrogens is 320 g/mol. The molecule has 2 unspecified atom stereocenters. The summed E-state index contributed by atoms with van der Waals surface area (Å²) in [5, 5.41) is 0. The van der Waals surface area contributed by atoms with Gasteiger partial charge in [-0.15, -0.1) is 0 Å². The first kappa shape index (κ1) is 25.9. The maximum atomic E-state index is 6.14. The maximum Gasteiger partial charge on any atom is 0.0955 e. The Balaban J connectivity index is 4.74. The van der Waals surface area contributed by atoms with Crippen LogP contribution in [0, 0.1) is 11.8 Å². The van der Waals surface area contributed by atoms with Gasteiger partial charge in [0.25, 0.3) is 0 Å². The Labute approximate surface area is 165 Å². The minimum Gasteiger partial charge on any atom is -0.233 e. The van der Waals surface area contributed by atoms with Crippen LogP contribution in [0.4, 0.5) is 0 Å². The first-order valence-corrected chi connectivity index (χ1v) is 12.0. The van der Waals surface area contributed by atoms with Crippen LogP contribution in [-0.4, -0.2) is 12.2 Å². The lowest BCUT2D eigenvalue weighted by Gasteiger charge is -2.30. The number of hydrogen-bond donors (Lipinski definition) is 0. The van der Waals surface area contributed by atoms with E-state index >= 15 is 0 Å². The van der Waals surface area contributed by atoms with Gasteiger partial charge in [-0.25, -0.2) is 9.78 Å². The van der Waals surface area contributed by atoms with Gasteiger partial charge in [-0.3, -0.25) is 0 Å². The Kier molecular flexibility index (Phi) is 18.2. The molecule has 0 aliphatic rings. The zero-order chi connectivity index (χ0) is 19.6. The minimum absolute atomic E-state index is 0.264. The van der Waals surface area contributed by atoms with Gasteiger partial charge >= 0.3 is 0 Å². The van der Waals surface area contributed by atoms with Gasteiger partial charge in [-0.2, -0.15) is 0 Å². The number of unbranched alkanes of at least 4 members (excludes halogenated alkanes) is 4. The second-order valence-electron chi connectivity index (χ2n) is 8.17. The summed E-state index contributed by atoms with van der Waals surface area (Å²) in [7, 11) is 0. The summed E-state index contributed by atoms with van der Waals surface area (Å²) in [5.41, 5.74) is 0. The molecule has 0 bridgehead atoms. The van der Waals surface area contributed by atoms with E-state index in [2.05, 4.69) is 41.5 Å². The van der Waals surface area contributed by atoms with Crippen LogP contribution in [0.2, 0.25) is 0 Å². The van der Waals surface area contributed by atoms with Gasteiger partial charge in [0.1, 0.15) is 0 Å². The maximum absolute atomic E-state index is 6.14. The molecule has 26 heavy (non-hydrogen) atoms. The molecule has 0 aliphatic carbocycles. The summed E-state index contributed by atoms with van der Waals surface area (Å²) >= 11 is 0. The van der Waals surface area contributed by atoms with Crippen molar-refractivity contribution in [3.63, 3.8) is 0 Å². The van der Waals surface area contributed by atoms with E-state index in [1.807, 2.05) is 0 Å². The summed E-state index contributed by atoms with van der Waals surface area (Å²) in [6.07, 6.45) is 18.1. The highest BCUT2D eigenvalue weighted by Gasteiger charge is 2.25. The van der Waals surface area contributed by atoms with Crippen LogP contribution < -0.4 is 0 Å². The molecule has 0 spiro atoms. The molecule has 0 amide bonds. The Morgan fingerprint density at radius 3 is 0.923 bits per heavy atom. The third-order valence-corrected chi connectivity index (χ3v) is 5.87. The van der Waals surface area contributed by atoms with Crippen molar-refractivity contribution in [1.82, 2.24) is 0 Å². The van der Waals surface area contributed by atoms with E-state index < -0.39 is 0 Å². The van der Waals surface area contributed by atoms with Gasteiger partial charge in [0.05, 0.1) is 12.2 Å². The second-order valence-corrected chi connectivity index (χ2v) is 8.17. The summed E-state index contributed by atoms with van der Waals surface area (Å²) in [5.74, 6) is 1.31. The first-order chi connectivity index (χ1) is 12.7. The van der Waals surface area contributed by atoms with Crippen LogP contribution in [0.3, 0.4) is 0 Å². The Hall–Kier alpha value is -0.0800. The normalized spacial score (nSPS) is 14.3. The average molecular weight is 371 g/mol. The molecule has 0 saturated carbocycles. The number of rotatable bonds is 19. The Morgan fingerprint density at radius 1 is 0.462 bits per heavy atom. The number of hydrogen-bond acceptors (Lipinski definition) is 2. The molecule has 158 valence electrons. The largest absolute Gasteiger partial charge is 0.233 e. The summed E-state index contributed by atoms with van der Waals surface area (Å²) in [4.78, 5) is 12.3. The van der Waals surface area contributed by atoms with Gasteiger partial charge in [-0.1, -0.05) is 92.9 Å². The molecule has 0 radical (unpaired) electrons. The van der Waals surface area contributed by atoms with Crippen LogP contribution in [0.5, 0.6) is 0 Å². The van der Waals surface area contributed by atoms with Crippen molar-refractivity contribution >= 4 is 0 Å². The lowest BCUT2D eigenvalue weighted by atomic mass is 9.89. The van der Waals surface area contributed by atoms with Crippen molar-refractivity contribution in [3.8, 4) is 0 Å². The zero-order valence-corrected chi connectivity index (χ0v) is 19.0. The van der Waals surface area contributed by atoms with E-state index in [4.69, 9.17) is 9.78 Å². The van der Waals surface area contributed by atoms with Crippen LogP contribution in [0.1, 0.15) is 131 Å². The van der Waals surface area contributed by atoms with Crippen molar-refractivity contribution in [3.05, 3.63) is 0 Å². The van der Waals surface area contributed by atoms with E-state index in [0.29, 0.717) is 11.8 Å². The molecule has 2 nitrogen and oxygen atoms in total. The molecule has 0 heterocycles. The van der Waals surface area contributed by atoms with Gasteiger partial charge in [0.2, 0.25) is 0 Å². The van der Waals surface area contributed by atoms with Gasteiger partial charge < -0.3 is 0 Å². The standard InChI is InChI=1S/C24H50O2/c1-7-13-17-21(18-14-8-2)23(11-5)25-26-24(12-6)22(19-15-9-3)20-16-10-4/h21-24H,7-20H2,1-6H3. The van der Waals surface area contributed by atoms with Crippen LogP contribution >= 0.6 is 0 Å². The third-order valence-electron chi connectivity index (χ3n) is 5.87. The van der Waals surface area contributed by atoms with Crippen LogP contribution in [0.25, 0.3) is 0 Å². The monoisotopic (exact) mass is 370 g/mol. The van der Waals surface area contributed by atoms with E-state index in [0.717, 1.165) is 12.8 Å². The molecule has 0 saturated heterocycles. The molecular formula is C24H50O2. The van der Waals surface area contributed by atoms with Crippen molar-refractivity contribution in [2.24, 2.45) is 11.8 Å². The van der Waals surface area contributed by atoms with E-state index in [-0.39, 0.29) is 12.2 Å². The first-order valence-electron chi connectivity index (χ1n) is 12.0. The van der Waals surface area contributed by atoms with Crippen LogP contribution in [0.15, 0.2) is 0 Å². The predicted molar refractivity (Wildman–Crippen MR) is 115 cm³/mol. The fraction of sp³-hybridized carbons (Fsp3) is 1.00. The smallest absolute Gasteiger partial charge is 0.0955 e. The lowest BCUT2D eigenvalue weighted by Crippen LogP contribution is -2.30. The zero-order valence-electron chi connectivity index (χ0n) is 19.0. The van der Waals surface area contributed by atoms with E-state index in [1.165, 1.54) is 77.0 Å². The SMILES string of the molecule is CCCCC(CCCC)C(CC)OOC(CC)C(CCCC)CCCC. The minimum atomic E-state index is 0.264. The highest BCUT2D eigenvalue weighted by atomic mass is 17.2. The van der Waals surface area contributed by atoms with Crippen molar-refractivity contribution in [2.45, 2.75) is 144 Å². The lowest BCUT2D eigenvalue weighted by molar-refractivity contribution is -0.368. The highest BCUT2D eigenvalue weighted by molar-refractivity contribution is 4.71. The summed E-state index contributed by atoms with van der Waals surface area (Å²) in [6, 6.07) is 0. The second kappa shape index (κ2) is 18.3. The topological polar surface area (TPSA) is 18.5 Å². The molecule has 0 aromatic heterocycles. The van der Waals surface area contributed by atoms with Crippen molar-refractivity contribution in [1.29, 1.82) is 0 Å².